The van der Waals surface area contributed by atoms with Crippen LogP contribution >= 0.6 is 11.8 Å². The van der Waals surface area contributed by atoms with Gasteiger partial charge in [-0.2, -0.15) is 0 Å². The molecule has 1 aromatic carbocycles. The zero-order chi connectivity index (χ0) is 19.2. The van der Waals surface area contributed by atoms with E-state index in [1.165, 1.54) is 16.7 Å². The molecule has 0 saturated heterocycles. The van der Waals surface area contributed by atoms with Crippen molar-refractivity contribution in [2.45, 2.75) is 42.8 Å². The van der Waals surface area contributed by atoms with Crippen molar-refractivity contribution in [3.8, 4) is 0 Å². The third-order valence-electron chi connectivity index (χ3n) is 4.50. The van der Waals surface area contributed by atoms with Crippen molar-refractivity contribution in [1.29, 1.82) is 0 Å². The van der Waals surface area contributed by atoms with Crippen LogP contribution < -0.4 is 4.90 Å². The number of fused-ring (bicyclic) bond motifs is 2. The van der Waals surface area contributed by atoms with Gasteiger partial charge < -0.3 is 9.67 Å². The predicted molar refractivity (Wildman–Crippen MR) is 102 cm³/mol. The number of aliphatic hydroxyl groups is 1. The highest BCUT2D eigenvalue weighted by Crippen LogP contribution is 2.45. The van der Waals surface area contributed by atoms with Crippen molar-refractivity contribution in [2.24, 2.45) is 0 Å². The van der Waals surface area contributed by atoms with E-state index in [0.717, 1.165) is 28.3 Å². The predicted octanol–water partition coefficient (Wildman–Crippen LogP) is 3.02. The second-order valence-electron chi connectivity index (χ2n) is 6.93. The molecule has 0 saturated carbocycles. The summed E-state index contributed by atoms with van der Waals surface area (Å²) in [5, 5.41) is 10.9. The molecule has 0 aliphatic carbocycles. The minimum Gasteiger partial charge on any atom is -0.384 e. The maximum absolute atomic E-state index is 11.7. The summed E-state index contributed by atoms with van der Waals surface area (Å²) in [7, 11) is 0. The first-order valence-corrected chi connectivity index (χ1v) is 9.31. The Morgan fingerprint density at radius 3 is 2.70 bits per heavy atom. The highest BCUT2D eigenvalue weighted by atomic mass is 32.2. The van der Waals surface area contributed by atoms with Gasteiger partial charge >= 0.3 is 0 Å². The first-order chi connectivity index (χ1) is 12.9. The van der Waals surface area contributed by atoms with Crippen LogP contribution in [0.4, 0.5) is 11.5 Å². The Kier molecular flexibility index (Phi) is 4.24. The van der Waals surface area contributed by atoms with Crippen LogP contribution in [0.3, 0.4) is 0 Å². The fourth-order valence-corrected chi connectivity index (χ4v) is 4.18. The Morgan fingerprint density at radius 1 is 1.22 bits per heavy atom. The molecule has 0 radical (unpaired) electrons. The number of carbonyl (C=O) groups excluding carboxylic acids is 1. The lowest BCUT2D eigenvalue weighted by Gasteiger charge is -2.26. The van der Waals surface area contributed by atoms with Crippen LogP contribution in [-0.2, 0) is 16.9 Å². The summed E-state index contributed by atoms with van der Waals surface area (Å²) in [5.41, 5.74) is 2.41. The van der Waals surface area contributed by atoms with Gasteiger partial charge in [0.2, 0.25) is 6.41 Å². The standard InChI is InChI=1S/C19H19N5O2S/c1-12-16(19(2,3)26)22-10-23(12)9-13-4-5-15-14(8-13)24(11-25)17-18(27-15)21-7-6-20-17/h4-8,10-11,26H,9H2,1-3H3. The Labute approximate surface area is 161 Å². The first kappa shape index (κ1) is 17.7. The molecule has 7 nitrogen and oxygen atoms in total. The van der Waals surface area contributed by atoms with Crippen molar-refractivity contribution in [1.82, 2.24) is 19.5 Å². The number of nitrogens with zero attached hydrogens (tertiary/aromatic N) is 5. The number of hydrogen-bond acceptors (Lipinski definition) is 6. The van der Waals surface area contributed by atoms with E-state index in [1.54, 1.807) is 32.6 Å². The number of amides is 1. The van der Waals surface area contributed by atoms with E-state index in [4.69, 9.17) is 0 Å². The van der Waals surface area contributed by atoms with Gasteiger partial charge in [0.15, 0.2) is 5.82 Å². The zero-order valence-electron chi connectivity index (χ0n) is 15.2. The molecule has 138 valence electrons. The van der Waals surface area contributed by atoms with E-state index in [0.29, 0.717) is 23.1 Å². The largest absolute Gasteiger partial charge is 0.384 e. The number of anilines is 2. The lowest BCUT2D eigenvalue weighted by atomic mass is 10.0. The van der Waals surface area contributed by atoms with Crippen LogP contribution in [0, 0.1) is 6.92 Å². The molecule has 1 N–H and O–H groups in total. The Hall–Kier alpha value is -2.71. The van der Waals surface area contributed by atoms with Crippen LogP contribution in [-0.4, -0.2) is 31.0 Å². The van der Waals surface area contributed by atoms with E-state index < -0.39 is 5.60 Å². The van der Waals surface area contributed by atoms with E-state index in [9.17, 15) is 9.90 Å². The molecular weight excluding hydrogens is 362 g/mol. The van der Waals surface area contributed by atoms with Crippen molar-refractivity contribution < 1.29 is 9.90 Å². The number of benzene rings is 1. The maximum Gasteiger partial charge on any atom is 0.220 e. The average Bonchev–Trinajstić information content (AvgIpc) is 3.00. The van der Waals surface area contributed by atoms with Gasteiger partial charge in [-0.1, -0.05) is 17.8 Å². The molecule has 1 aliphatic rings. The zero-order valence-corrected chi connectivity index (χ0v) is 16.1. The van der Waals surface area contributed by atoms with Crippen LogP contribution in [0.15, 0.2) is 46.8 Å². The summed E-state index contributed by atoms with van der Waals surface area (Å²) in [4.78, 5) is 27.2. The van der Waals surface area contributed by atoms with Crippen molar-refractivity contribution in [3.05, 3.63) is 53.9 Å². The number of carbonyl (C=O) groups is 1. The molecule has 0 spiro atoms. The van der Waals surface area contributed by atoms with Crippen molar-refractivity contribution >= 4 is 29.7 Å². The molecular formula is C19H19N5O2S. The normalized spacial score (nSPS) is 13.3. The summed E-state index contributed by atoms with van der Waals surface area (Å²) in [6.45, 7) is 5.98. The minimum absolute atomic E-state index is 0.547. The molecule has 27 heavy (non-hydrogen) atoms. The number of aromatic nitrogens is 4. The lowest BCUT2D eigenvalue weighted by molar-refractivity contribution is -0.106. The molecule has 0 fully saturated rings. The van der Waals surface area contributed by atoms with E-state index in [-0.39, 0.29) is 0 Å². The fraction of sp³-hybridized carbons (Fsp3) is 0.263. The monoisotopic (exact) mass is 381 g/mol. The third kappa shape index (κ3) is 3.11. The number of rotatable bonds is 4. The molecule has 8 heteroatoms. The minimum atomic E-state index is -0.988. The van der Waals surface area contributed by atoms with Crippen LogP contribution in [0.25, 0.3) is 0 Å². The third-order valence-corrected chi connectivity index (χ3v) is 5.55. The Balaban J connectivity index is 1.69. The first-order valence-electron chi connectivity index (χ1n) is 8.49. The van der Waals surface area contributed by atoms with Gasteiger partial charge in [-0.15, -0.1) is 0 Å². The van der Waals surface area contributed by atoms with Crippen molar-refractivity contribution in [3.63, 3.8) is 0 Å². The van der Waals surface area contributed by atoms with Gasteiger partial charge in [-0.3, -0.25) is 9.69 Å². The van der Waals surface area contributed by atoms with Gasteiger partial charge in [0.1, 0.15) is 10.6 Å². The molecule has 4 rings (SSSR count). The van der Waals surface area contributed by atoms with E-state index in [1.807, 2.05) is 29.7 Å². The van der Waals surface area contributed by atoms with E-state index >= 15 is 0 Å². The molecule has 0 unspecified atom stereocenters. The quantitative estimate of drug-likeness (QED) is 0.700. The fourth-order valence-electron chi connectivity index (χ4n) is 3.22. The number of hydrogen-bond donors (Lipinski definition) is 1. The summed E-state index contributed by atoms with van der Waals surface area (Å²) in [6.07, 6.45) is 5.70. The molecule has 1 amide bonds. The summed E-state index contributed by atoms with van der Waals surface area (Å²) in [5.74, 6) is 0.547. The molecule has 0 bridgehead atoms. The SMILES string of the molecule is Cc1c(C(C)(C)O)ncn1Cc1ccc2c(c1)N(C=O)c1nccnc1S2. The average molecular weight is 381 g/mol. The van der Waals surface area contributed by atoms with Gasteiger partial charge in [0.05, 0.1) is 17.7 Å². The van der Waals surface area contributed by atoms with Crippen LogP contribution in [0.2, 0.25) is 0 Å². The molecule has 3 heterocycles. The van der Waals surface area contributed by atoms with Gasteiger partial charge in [0.25, 0.3) is 0 Å². The lowest BCUT2D eigenvalue weighted by Crippen LogP contribution is -2.20. The topological polar surface area (TPSA) is 84.1 Å². The van der Waals surface area contributed by atoms with Gasteiger partial charge in [0, 0.05) is 29.5 Å². The molecule has 2 aromatic heterocycles. The van der Waals surface area contributed by atoms with Crippen LogP contribution in [0.5, 0.6) is 0 Å². The highest BCUT2D eigenvalue weighted by molar-refractivity contribution is 7.99. The van der Waals surface area contributed by atoms with E-state index in [2.05, 4.69) is 15.0 Å². The van der Waals surface area contributed by atoms with Gasteiger partial charge in [-0.25, -0.2) is 15.0 Å². The smallest absolute Gasteiger partial charge is 0.220 e. The Bertz CT molecular complexity index is 1030. The Morgan fingerprint density at radius 2 is 2.00 bits per heavy atom. The van der Waals surface area contributed by atoms with Gasteiger partial charge in [-0.05, 0) is 38.5 Å². The molecule has 1 aliphatic heterocycles. The molecule has 0 atom stereocenters. The maximum atomic E-state index is 11.7. The summed E-state index contributed by atoms with van der Waals surface area (Å²) < 4.78 is 1.99. The number of imidazole rings is 1. The van der Waals surface area contributed by atoms with Crippen molar-refractivity contribution in [2.75, 3.05) is 4.90 Å². The van der Waals surface area contributed by atoms with Crippen LogP contribution in [0.1, 0.15) is 30.8 Å². The second-order valence-corrected chi connectivity index (χ2v) is 7.96. The highest BCUT2D eigenvalue weighted by Gasteiger charge is 2.26. The summed E-state index contributed by atoms with van der Waals surface area (Å²) in [6, 6.07) is 6.00. The molecule has 3 aromatic rings. The summed E-state index contributed by atoms with van der Waals surface area (Å²) >= 11 is 1.50. The second kappa shape index (κ2) is 6.47.